The molecule has 0 fully saturated rings. The summed E-state index contributed by atoms with van der Waals surface area (Å²) in [5.41, 5.74) is 0. The van der Waals surface area contributed by atoms with Crippen molar-refractivity contribution in [3.05, 3.63) is 30.1 Å². The number of thioether (sulfide) groups is 1. The van der Waals surface area contributed by atoms with Crippen LogP contribution in [0.5, 0.6) is 0 Å². The second-order valence-electron chi connectivity index (χ2n) is 4.75. The van der Waals surface area contributed by atoms with Crippen molar-refractivity contribution < 1.29 is 12.8 Å². The van der Waals surface area contributed by atoms with Gasteiger partial charge in [0.15, 0.2) is 5.96 Å². The van der Waals surface area contributed by atoms with Gasteiger partial charge in [0.05, 0.1) is 6.26 Å². The molecule has 0 unspecified atom stereocenters. The molecule has 0 aliphatic rings. The Hall–Kier alpha value is -0.590. The monoisotopic (exact) mass is 490 g/mol. The molecule has 1 aromatic rings. The summed E-state index contributed by atoms with van der Waals surface area (Å²) in [5, 5.41) is 6.17. The van der Waals surface area contributed by atoms with E-state index in [1.54, 1.807) is 30.9 Å². The van der Waals surface area contributed by atoms with Gasteiger partial charge in [-0.2, -0.15) is 0 Å². The van der Waals surface area contributed by atoms with Crippen LogP contribution in [-0.2, 0) is 10.0 Å². The Balaban J connectivity index is 0.00000529. The van der Waals surface area contributed by atoms with Gasteiger partial charge < -0.3 is 10.6 Å². The molecule has 0 saturated carbocycles. The average Bonchev–Trinajstić information content (AvgIpc) is 2.50. The topological polar surface area (TPSA) is 82.6 Å². The number of hydrogen-bond acceptors (Lipinski definition) is 4. The van der Waals surface area contributed by atoms with Crippen LogP contribution < -0.4 is 15.4 Å². The molecule has 0 aliphatic heterocycles. The number of rotatable bonds is 9. The summed E-state index contributed by atoms with van der Waals surface area (Å²) in [6.45, 7) is 1.50. The van der Waals surface area contributed by atoms with Gasteiger partial charge in [-0.15, -0.1) is 35.7 Å². The first-order valence-electron chi connectivity index (χ1n) is 7.18. The summed E-state index contributed by atoms with van der Waals surface area (Å²) in [4.78, 5) is 5.10. The second kappa shape index (κ2) is 12.7. The van der Waals surface area contributed by atoms with Crippen LogP contribution in [0.4, 0.5) is 4.39 Å². The molecule has 0 heterocycles. The van der Waals surface area contributed by atoms with Crippen LogP contribution in [0.25, 0.3) is 0 Å². The molecule has 0 aromatic heterocycles. The Morgan fingerprint density at radius 2 is 1.79 bits per heavy atom. The molecule has 1 rings (SSSR count). The highest BCUT2D eigenvalue weighted by atomic mass is 127. The number of nitrogens with one attached hydrogen (secondary N) is 3. The molecule has 138 valence electrons. The van der Waals surface area contributed by atoms with E-state index in [1.807, 2.05) is 0 Å². The molecule has 0 spiro atoms. The highest BCUT2D eigenvalue weighted by molar-refractivity contribution is 14.0. The van der Waals surface area contributed by atoms with E-state index >= 15 is 0 Å². The maximum Gasteiger partial charge on any atom is 0.208 e. The van der Waals surface area contributed by atoms with Gasteiger partial charge in [-0.25, -0.2) is 17.5 Å². The lowest BCUT2D eigenvalue weighted by atomic mass is 10.4. The van der Waals surface area contributed by atoms with Crippen LogP contribution >= 0.6 is 35.7 Å². The minimum atomic E-state index is -3.16. The Kier molecular flexibility index (Phi) is 12.4. The molecule has 3 N–H and O–H groups in total. The predicted molar refractivity (Wildman–Crippen MR) is 109 cm³/mol. The molecule has 0 atom stereocenters. The van der Waals surface area contributed by atoms with Crippen LogP contribution in [0.2, 0.25) is 0 Å². The Labute approximate surface area is 164 Å². The van der Waals surface area contributed by atoms with Gasteiger partial charge in [0, 0.05) is 31.6 Å². The van der Waals surface area contributed by atoms with Crippen LogP contribution in [0, 0.1) is 5.82 Å². The molecule has 1 aromatic carbocycles. The van der Waals surface area contributed by atoms with Gasteiger partial charge in [0.1, 0.15) is 5.82 Å². The lowest BCUT2D eigenvalue weighted by molar-refractivity contribution is 0.586. The van der Waals surface area contributed by atoms with E-state index in [2.05, 4.69) is 20.3 Å². The minimum absolute atomic E-state index is 0. The van der Waals surface area contributed by atoms with Crippen LogP contribution in [0.1, 0.15) is 6.42 Å². The van der Waals surface area contributed by atoms with Crippen molar-refractivity contribution in [2.45, 2.75) is 11.3 Å². The number of nitrogens with zero attached hydrogens (tertiary/aromatic N) is 1. The zero-order valence-electron chi connectivity index (χ0n) is 13.7. The lowest BCUT2D eigenvalue weighted by Gasteiger charge is -2.11. The van der Waals surface area contributed by atoms with E-state index < -0.39 is 10.0 Å². The SMILES string of the molecule is CN=C(NCCCSc1ccc(F)cc1)NCCNS(C)(=O)=O.I. The Morgan fingerprint density at radius 3 is 2.38 bits per heavy atom. The van der Waals surface area contributed by atoms with Crippen molar-refractivity contribution in [3.8, 4) is 0 Å². The largest absolute Gasteiger partial charge is 0.356 e. The van der Waals surface area contributed by atoms with Crippen LogP contribution in [0.15, 0.2) is 34.2 Å². The maximum atomic E-state index is 12.8. The average molecular weight is 490 g/mol. The maximum absolute atomic E-state index is 12.8. The molecular formula is C14H24FIN4O2S2. The summed E-state index contributed by atoms with van der Waals surface area (Å²) in [6.07, 6.45) is 2.04. The van der Waals surface area contributed by atoms with Gasteiger partial charge in [-0.05, 0) is 36.4 Å². The van der Waals surface area contributed by atoms with Crippen molar-refractivity contribution in [2.24, 2.45) is 4.99 Å². The third-order valence-corrected chi connectivity index (χ3v) is 4.53. The van der Waals surface area contributed by atoms with Gasteiger partial charge in [0.2, 0.25) is 10.0 Å². The predicted octanol–water partition coefficient (Wildman–Crippen LogP) is 1.64. The first kappa shape index (κ1) is 23.4. The number of halogens is 2. The number of sulfonamides is 1. The molecular weight excluding hydrogens is 466 g/mol. The number of benzene rings is 1. The molecule has 24 heavy (non-hydrogen) atoms. The Morgan fingerprint density at radius 1 is 1.17 bits per heavy atom. The third-order valence-electron chi connectivity index (χ3n) is 2.70. The fourth-order valence-corrected chi connectivity index (χ4v) is 2.96. The summed E-state index contributed by atoms with van der Waals surface area (Å²) in [6, 6.07) is 6.44. The molecule has 0 amide bonds. The summed E-state index contributed by atoms with van der Waals surface area (Å²) >= 11 is 1.67. The highest BCUT2D eigenvalue weighted by Crippen LogP contribution is 2.18. The summed E-state index contributed by atoms with van der Waals surface area (Å²) < 4.78 is 37.0. The summed E-state index contributed by atoms with van der Waals surface area (Å²) in [5.74, 6) is 1.31. The normalized spacial score (nSPS) is 11.7. The van der Waals surface area contributed by atoms with E-state index in [4.69, 9.17) is 0 Å². The van der Waals surface area contributed by atoms with E-state index in [1.165, 1.54) is 12.1 Å². The van der Waals surface area contributed by atoms with Crippen LogP contribution in [-0.4, -0.2) is 53.1 Å². The van der Waals surface area contributed by atoms with Crippen molar-refractivity contribution in [3.63, 3.8) is 0 Å². The molecule has 6 nitrogen and oxygen atoms in total. The van der Waals surface area contributed by atoms with Crippen LogP contribution in [0.3, 0.4) is 0 Å². The molecule has 0 aliphatic carbocycles. The van der Waals surface area contributed by atoms with Gasteiger partial charge >= 0.3 is 0 Å². The quantitative estimate of drug-likeness (QED) is 0.161. The zero-order valence-corrected chi connectivity index (χ0v) is 17.7. The van der Waals surface area contributed by atoms with Gasteiger partial charge in [-0.3, -0.25) is 4.99 Å². The number of guanidine groups is 1. The van der Waals surface area contributed by atoms with E-state index in [9.17, 15) is 12.8 Å². The smallest absolute Gasteiger partial charge is 0.208 e. The molecule has 0 radical (unpaired) electrons. The highest BCUT2D eigenvalue weighted by Gasteiger charge is 2.01. The van der Waals surface area contributed by atoms with E-state index in [0.29, 0.717) is 19.0 Å². The van der Waals surface area contributed by atoms with Crippen molar-refractivity contribution >= 4 is 51.7 Å². The molecule has 0 bridgehead atoms. The lowest BCUT2D eigenvalue weighted by Crippen LogP contribution is -2.41. The van der Waals surface area contributed by atoms with Gasteiger partial charge in [-0.1, -0.05) is 0 Å². The number of aliphatic imine (C=N–C) groups is 1. The van der Waals surface area contributed by atoms with E-state index in [-0.39, 0.29) is 29.8 Å². The zero-order chi connectivity index (χ0) is 17.1. The number of hydrogen-bond donors (Lipinski definition) is 3. The summed E-state index contributed by atoms with van der Waals surface area (Å²) in [7, 11) is -1.50. The van der Waals surface area contributed by atoms with Crippen molar-refractivity contribution in [1.82, 2.24) is 15.4 Å². The molecule has 10 heteroatoms. The minimum Gasteiger partial charge on any atom is -0.356 e. The second-order valence-corrected chi connectivity index (χ2v) is 7.75. The first-order chi connectivity index (χ1) is 10.9. The first-order valence-corrected chi connectivity index (χ1v) is 10.1. The van der Waals surface area contributed by atoms with Crippen molar-refractivity contribution in [2.75, 3.05) is 38.7 Å². The fourth-order valence-electron chi connectivity index (χ4n) is 1.64. The standard InChI is InChI=1S/C14H23FN4O2S2.HI/c1-16-14(18-9-10-19-23(2,20)21)17-8-3-11-22-13-6-4-12(15)5-7-13;/h4-7,19H,3,8-11H2,1-2H3,(H2,16,17,18);1H. The van der Waals surface area contributed by atoms with Crippen molar-refractivity contribution in [1.29, 1.82) is 0 Å². The van der Waals surface area contributed by atoms with Gasteiger partial charge in [0.25, 0.3) is 0 Å². The molecule has 0 saturated heterocycles. The Bertz CT molecular complexity index is 597. The van der Waals surface area contributed by atoms with E-state index in [0.717, 1.165) is 29.9 Å². The third kappa shape index (κ3) is 11.9. The fraction of sp³-hybridized carbons (Fsp3) is 0.500.